The minimum absolute atomic E-state index is 0.205. The van der Waals surface area contributed by atoms with Crippen molar-refractivity contribution in [3.05, 3.63) is 103 Å². The molecule has 6 nitrogen and oxygen atoms in total. The van der Waals surface area contributed by atoms with Crippen LogP contribution in [0.3, 0.4) is 0 Å². The predicted octanol–water partition coefficient (Wildman–Crippen LogP) is 5.86. The average Bonchev–Trinajstić information content (AvgIpc) is 2.88. The number of para-hydroxylation sites is 1. The number of anilines is 2. The first kappa shape index (κ1) is 22.7. The van der Waals surface area contributed by atoms with Crippen LogP contribution in [-0.2, 0) is 21.2 Å². The number of carbonyl (C=O) groups is 1. The van der Waals surface area contributed by atoms with Crippen LogP contribution in [-0.4, -0.2) is 20.9 Å². The maximum Gasteiger partial charge on any atom is 0.265 e. The molecule has 4 aromatic carbocycles. The van der Waals surface area contributed by atoms with Gasteiger partial charge in [0.2, 0.25) is 5.91 Å². The molecule has 0 saturated carbocycles. The Labute approximate surface area is 204 Å². The summed E-state index contributed by atoms with van der Waals surface area (Å²) in [6, 6.07) is 28.9. The van der Waals surface area contributed by atoms with Gasteiger partial charge >= 0.3 is 0 Å². The Bertz CT molecular complexity index is 1480. The van der Waals surface area contributed by atoms with Gasteiger partial charge in [-0.3, -0.25) is 9.10 Å². The number of nitrogens with one attached hydrogen (secondary N) is 1. The van der Waals surface area contributed by atoms with E-state index in [0.29, 0.717) is 28.4 Å². The van der Waals surface area contributed by atoms with Gasteiger partial charge in [-0.15, -0.1) is 0 Å². The minimum Gasteiger partial charge on any atom is -0.457 e. The maximum atomic E-state index is 13.5. The van der Waals surface area contributed by atoms with Crippen molar-refractivity contribution in [1.29, 1.82) is 0 Å². The van der Waals surface area contributed by atoms with E-state index in [1.54, 1.807) is 42.5 Å². The smallest absolute Gasteiger partial charge is 0.265 e. The molecule has 0 fully saturated rings. The topological polar surface area (TPSA) is 75.7 Å². The molecule has 7 heteroatoms. The average molecular weight is 485 g/mol. The van der Waals surface area contributed by atoms with Crippen LogP contribution in [0.4, 0.5) is 11.4 Å². The Balaban J connectivity index is 1.37. The summed E-state index contributed by atoms with van der Waals surface area (Å²) in [4.78, 5) is 13.1. The monoisotopic (exact) mass is 484 g/mol. The summed E-state index contributed by atoms with van der Waals surface area (Å²) in [5, 5.41) is 2.79. The molecule has 176 valence electrons. The molecule has 0 atom stereocenters. The van der Waals surface area contributed by atoms with Crippen molar-refractivity contribution in [2.75, 3.05) is 16.2 Å². The van der Waals surface area contributed by atoms with E-state index in [1.165, 1.54) is 4.31 Å². The maximum absolute atomic E-state index is 13.5. The lowest BCUT2D eigenvalue weighted by Gasteiger charge is -2.32. The normalized spacial score (nSPS) is 13.5. The highest BCUT2D eigenvalue weighted by Gasteiger charge is 2.35. The Morgan fingerprint density at radius 2 is 1.51 bits per heavy atom. The first-order chi connectivity index (χ1) is 17.0. The zero-order chi connectivity index (χ0) is 24.4. The fourth-order valence-electron chi connectivity index (χ4n) is 4.13. The van der Waals surface area contributed by atoms with E-state index >= 15 is 0 Å². The molecule has 1 aliphatic heterocycles. The lowest BCUT2D eigenvalue weighted by molar-refractivity contribution is -0.114. The first-order valence-corrected chi connectivity index (χ1v) is 12.8. The molecule has 0 unspecified atom stereocenters. The van der Waals surface area contributed by atoms with Gasteiger partial charge < -0.3 is 10.1 Å². The highest BCUT2D eigenvalue weighted by Crippen LogP contribution is 2.43. The molecular formula is C28H24N2O4S. The predicted molar refractivity (Wildman–Crippen MR) is 137 cm³/mol. The van der Waals surface area contributed by atoms with E-state index in [1.807, 2.05) is 54.6 Å². The van der Waals surface area contributed by atoms with Crippen LogP contribution in [0.15, 0.2) is 102 Å². The third-order valence-electron chi connectivity index (χ3n) is 5.89. The summed E-state index contributed by atoms with van der Waals surface area (Å²) in [6.45, 7) is 1.71. The van der Waals surface area contributed by atoms with Crippen molar-refractivity contribution >= 4 is 27.3 Å². The number of hydrogen-bond donors (Lipinski definition) is 1. The number of carbonyl (C=O) groups excluding carboxylic acids is 1. The molecule has 0 spiro atoms. The van der Waals surface area contributed by atoms with Crippen LogP contribution >= 0.6 is 0 Å². The third-order valence-corrected chi connectivity index (χ3v) is 7.71. The summed E-state index contributed by atoms with van der Waals surface area (Å²) >= 11 is 0. The second-order valence-electron chi connectivity index (χ2n) is 8.20. The SMILES string of the molecule is CCc1ccc2c(c1)-c1ccccc1S(=O)(=O)N2CC(=O)Nc1ccc(Oc2ccccc2)cc1. The van der Waals surface area contributed by atoms with Crippen molar-refractivity contribution in [3.63, 3.8) is 0 Å². The Morgan fingerprint density at radius 3 is 2.26 bits per heavy atom. The molecule has 0 radical (unpaired) electrons. The van der Waals surface area contributed by atoms with Gasteiger partial charge in [0.15, 0.2) is 0 Å². The van der Waals surface area contributed by atoms with Gasteiger partial charge in [-0.25, -0.2) is 8.42 Å². The molecule has 35 heavy (non-hydrogen) atoms. The van der Waals surface area contributed by atoms with Gasteiger partial charge in [0, 0.05) is 16.8 Å². The number of fused-ring (bicyclic) bond motifs is 3. The molecule has 0 aromatic heterocycles. The summed E-state index contributed by atoms with van der Waals surface area (Å²) < 4.78 is 33.9. The fraction of sp³-hybridized carbons (Fsp3) is 0.107. The molecule has 1 heterocycles. The lowest BCUT2D eigenvalue weighted by Crippen LogP contribution is -2.40. The fourth-order valence-corrected chi connectivity index (χ4v) is 5.78. The van der Waals surface area contributed by atoms with Crippen molar-refractivity contribution < 1.29 is 17.9 Å². The highest BCUT2D eigenvalue weighted by atomic mass is 32.2. The van der Waals surface area contributed by atoms with Crippen LogP contribution in [0.5, 0.6) is 11.5 Å². The van der Waals surface area contributed by atoms with Crippen molar-refractivity contribution in [3.8, 4) is 22.6 Å². The number of aryl methyl sites for hydroxylation is 1. The molecule has 0 bridgehead atoms. The van der Waals surface area contributed by atoms with Crippen LogP contribution < -0.4 is 14.4 Å². The van der Waals surface area contributed by atoms with Crippen molar-refractivity contribution in [2.45, 2.75) is 18.2 Å². The van der Waals surface area contributed by atoms with Crippen molar-refractivity contribution in [1.82, 2.24) is 0 Å². The van der Waals surface area contributed by atoms with Gasteiger partial charge in [-0.1, -0.05) is 49.4 Å². The van der Waals surface area contributed by atoms with Gasteiger partial charge in [0.1, 0.15) is 18.0 Å². The molecular weight excluding hydrogens is 460 g/mol. The molecule has 1 N–H and O–H groups in total. The summed E-state index contributed by atoms with van der Waals surface area (Å²) in [7, 11) is -3.89. The van der Waals surface area contributed by atoms with E-state index in [2.05, 4.69) is 12.2 Å². The van der Waals surface area contributed by atoms with Crippen LogP contribution in [0.1, 0.15) is 12.5 Å². The minimum atomic E-state index is -3.89. The standard InChI is InChI=1S/C28H24N2O4S/c1-2-20-12-17-26-25(18-20)24-10-6-7-11-27(24)35(32,33)30(26)19-28(31)29-21-13-15-23(16-14-21)34-22-8-4-3-5-9-22/h3-18H,2,19H2,1H3,(H,29,31). The summed E-state index contributed by atoms with van der Waals surface area (Å²) in [6.07, 6.45) is 0.826. The number of ether oxygens (including phenoxy) is 1. The van der Waals surface area contributed by atoms with Gasteiger partial charge in [0.05, 0.1) is 10.6 Å². The van der Waals surface area contributed by atoms with E-state index in [4.69, 9.17) is 4.74 Å². The highest BCUT2D eigenvalue weighted by molar-refractivity contribution is 7.93. The molecule has 0 aliphatic carbocycles. The Hall–Kier alpha value is -4.10. The zero-order valence-electron chi connectivity index (χ0n) is 19.1. The van der Waals surface area contributed by atoms with Gasteiger partial charge in [-0.05, 0) is 66.6 Å². The molecule has 5 rings (SSSR count). The quantitative estimate of drug-likeness (QED) is 0.372. The van der Waals surface area contributed by atoms with Crippen molar-refractivity contribution in [2.24, 2.45) is 0 Å². The van der Waals surface area contributed by atoms with Gasteiger partial charge in [-0.2, -0.15) is 0 Å². The second kappa shape index (κ2) is 9.27. The molecule has 1 aliphatic rings. The Kier molecular flexibility index (Phi) is 6.01. The number of rotatable bonds is 6. The largest absolute Gasteiger partial charge is 0.457 e. The lowest BCUT2D eigenvalue weighted by atomic mass is 9.99. The number of benzene rings is 4. The molecule has 4 aromatic rings. The van der Waals surface area contributed by atoms with Crippen LogP contribution in [0, 0.1) is 0 Å². The second-order valence-corrected chi connectivity index (χ2v) is 10.0. The van der Waals surface area contributed by atoms with Crippen LogP contribution in [0.25, 0.3) is 11.1 Å². The summed E-state index contributed by atoms with van der Waals surface area (Å²) in [5.74, 6) is 0.907. The number of amides is 1. The van der Waals surface area contributed by atoms with E-state index < -0.39 is 15.9 Å². The molecule has 1 amide bonds. The number of nitrogens with zero attached hydrogens (tertiary/aromatic N) is 1. The van der Waals surface area contributed by atoms with E-state index in [9.17, 15) is 13.2 Å². The molecule has 0 saturated heterocycles. The van der Waals surface area contributed by atoms with E-state index in [0.717, 1.165) is 17.5 Å². The zero-order valence-corrected chi connectivity index (χ0v) is 20.0. The summed E-state index contributed by atoms with van der Waals surface area (Å²) in [5.41, 5.74) is 3.61. The van der Waals surface area contributed by atoms with Gasteiger partial charge in [0.25, 0.3) is 10.0 Å². The van der Waals surface area contributed by atoms with Crippen LogP contribution in [0.2, 0.25) is 0 Å². The Morgan fingerprint density at radius 1 is 0.829 bits per heavy atom. The van der Waals surface area contributed by atoms with E-state index in [-0.39, 0.29) is 11.4 Å². The number of hydrogen-bond acceptors (Lipinski definition) is 4. The third kappa shape index (κ3) is 4.50. The first-order valence-electron chi connectivity index (χ1n) is 11.3. The number of sulfonamides is 1.